The topological polar surface area (TPSA) is 59.8 Å². The maximum absolute atomic E-state index is 12.5. The molecule has 0 amide bonds. The van der Waals surface area contributed by atoms with E-state index in [2.05, 4.69) is 4.90 Å². The molecule has 3 aromatic rings. The molecule has 1 saturated heterocycles. The van der Waals surface area contributed by atoms with Crippen LogP contribution in [0.2, 0.25) is 0 Å². The molecule has 4 rings (SSSR count). The summed E-state index contributed by atoms with van der Waals surface area (Å²) in [7, 11) is 0. The summed E-state index contributed by atoms with van der Waals surface area (Å²) in [6, 6.07) is 16.3. The SMILES string of the molecule is O=C(/C=C/c1cccc(OCCN2CCCC2)c1)c1cc2ccccc2oc1=O. The van der Waals surface area contributed by atoms with Crippen molar-refractivity contribution in [1.82, 2.24) is 4.90 Å². The van der Waals surface area contributed by atoms with Crippen molar-refractivity contribution in [2.45, 2.75) is 12.8 Å². The Morgan fingerprint density at radius 3 is 2.76 bits per heavy atom. The van der Waals surface area contributed by atoms with E-state index in [1.54, 1.807) is 24.3 Å². The molecule has 5 nitrogen and oxygen atoms in total. The number of ether oxygens (including phenoxy) is 1. The summed E-state index contributed by atoms with van der Waals surface area (Å²) in [5.74, 6) is 0.383. The van der Waals surface area contributed by atoms with E-state index in [-0.39, 0.29) is 11.3 Å². The normalized spacial score (nSPS) is 14.6. The predicted octanol–water partition coefficient (Wildman–Crippen LogP) is 4.16. The zero-order chi connectivity index (χ0) is 20.1. The summed E-state index contributed by atoms with van der Waals surface area (Å²) in [6.45, 7) is 3.87. The highest BCUT2D eigenvalue weighted by atomic mass is 16.5. The summed E-state index contributed by atoms with van der Waals surface area (Å²) >= 11 is 0. The second kappa shape index (κ2) is 8.88. The van der Waals surface area contributed by atoms with Crippen molar-refractivity contribution in [3.05, 3.63) is 82.2 Å². The van der Waals surface area contributed by atoms with Crippen LogP contribution in [-0.4, -0.2) is 36.9 Å². The van der Waals surface area contributed by atoms with Gasteiger partial charge in [0.25, 0.3) is 0 Å². The van der Waals surface area contributed by atoms with Crippen molar-refractivity contribution in [3.63, 3.8) is 0 Å². The van der Waals surface area contributed by atoms with Crippen molar-refractivity contribution in [2.24, 2.45) is 0 Å². The Kier molecular flexibility index (Phi) is 5.86. The first-order valence-corrected chi connectivity index (χ1v) is 9.89. The molecule has 148 valence electrons. The first-order valence-electron chi connectivity index (χ1n) is 9.89. The van der Waals surface area contributed by atoms with Gasteiger partial charge in [0.05, 0.1) is 0 Å². The Hall–Kier alpha value is -3.18. The Morgan fingerprint density at radius 2 is 1.90 bits per heavy atom. The molecule has 1 aliphatic heterocycles. The van der Waals surface area contributed by atoms with Gasteiger partial charge in [0.1, 0.15) is 23.5 Å². The number of rotatable bonds is 7. The molecule has 0 radical (unpaired) electrons. The maximum atomic E-state index is 12.5. The first-order chi connectivity index (χ1) is 14.2. The number of allylic oxidation sites excluding steroid dienone is 1. The zero-order valence-corrected chi connectivity index (χ0v) is 16.2. The van der Waals surface area contributed by atoms with E-state index in [0.717, 1.165) is 36.3 Å². The fourth-order valence-corrected chi connectivity index (χ4v) is 3.50. The van der Waals surface area contributed by atoms with Gasteiger partial charge in [0, 0.05) is 11.9 Å². The van der Waals surface area contributed by atoms with Crippen molar-refractivity contribution in [1.29, 1.82) is 0 Å². The Morgan fingerprint density at radius 1 is 1.07 bits per heavy atom. The lowest BCUT2D eigenvalue weighted by Gasteiger charge is -2.15. The molecule has 0 atom stereocenters. The molecule has 0 aliphatic carbocycles. The quantitative estimate of drug-likeness (QED) is 0.345. The van der Waals surface area contributed by atoms with Crippen LogP contribution in [0.1, 0.15) is 28.8 Å². The van der Waals surface area contributed by atoms with Crippen LogP contribution < -0.4 is 10.4 Å². The molecular formula is C24H23NO4. The minimum atomic E-state index is -0.627. The Bertz CT molecular complexity index is 1090. The molecule has 0 saturated carbocycles. The summed E-state index contributed by atoms with van der Waals surface area (Å²) < 4.78 is 11.1. The zero-order valence-electron chi connectivity index (χ0n) is 16.2. The third-order valence-corrected chi connectivity index (χ3v) is 5.07. The fraction of sp³-hybridized carbons (Fsp3) is 0.250. The van der Waals surface area contributed by atoms with Crippen LogP contribution in [0.4, 0.5) is 0 Å². The van der Waals surface area contributed by atoms with Crippen molar-refractivity contribution in [3.8, 4) is 5.75 Å². The standard InChI is InChI=1S/C24H23NO4/c26-22(21-17-19-7-1-2-9-23(19)29-24(21)27)11-10-18-6-5-8-20(16-18)28-15-14-25-12-3-4-13-25/h1-2,5-11,16-17H,3-4,12-15H2/b11-10+. The van der Waals surface area contributed by atoms with Crippen molar-refractivity contribution < 1.29 is 13.9 Å². The third-order valence-electron chi connectivity index (χ3n) is 5.07. The van der Waals surface area contributed by atoms with E-state index in [9.17, 15) is 9.59 Å². The van der Waals surface area contributed by atoms with Crippen LogP contribution in [0.5, 0.6) is 5.75 Å². The first kappa shape index (κ1) is 19.2. The van der Waals surface area contributed by atoms with Gasteiger partial charge < -0.3 is 9.15 Å². The van der Waals surface area contributed by atoms with Gasteiger partial charge in [-0.2, -0.15) is 0 Å². The maximum Gasteiger partial charge on any atom is 0.347 e. The number of nitrogens with zero attached hydrogens (tertiary/aromatic N) is 1. The lowest BCUT2D eigenvalue weighted by Crippen LogP contribution is -2.25. The average molecular weight is 389 g/mol. The molecule has 0 unspecified atom stereocenters. The van der Waals surface area contributed by atoms with Crippen LogP contribution in [-0.2, 0) is 0 Å². The number of ketones is 1. The molecule has 29 heavy (non-hydrogen) atoms. The Balaban J connectivity index is 1.42. The second-order valence-corrected chi connectivity index (χ2v) is 7.15. The molecule has 1 fully saturated rings. The molecule has 1 aliphatic rings. The van der Waals surface area contributed by atoms with E-state index in [1.165, 1.54) is 18.9 Å². The molecule has 2 aromatic carbocycles. The minimum absolute atomic E-state index is 0.0259. The largest absolute Gasteiger partial charge is 0.492 e. The van der Waals surface area contributed by atoms with E-state index in [1.807, 2.05) is 36.4 Å². The number of likely N-dealkylation sites (tertiary alicyclic amines) is 1. The van der Waals surface area contributed by atoms with Gasteiger partial charge in [0.15, 0.2) is 5.78 Å². The van der Waals surface area contributed by atoms with Gasteiger partial charge in [-0.15, -0.1) is 0 Å². The van der Waals surface area contributed by atoms with Gasteiger partial charge in [-0.05, 0) is 61.8 Å². The van der Waals surface area contributed by atoms with Crippen LogP contribution in [0.15, 0.2) is 69.9 Å². The highest BCUT2D eigenvalue weighted by Gasteiger charge is 2.12. The smallest absolute Gasteiger partial charge is 0.347 e. The predicted molar refractivity (Wildman–Crippen MR) is 113 cm³/mol. The number of hydrogen-bond donors (Lipinski definition) is 0. The van der Waals surface area contributed by atoms with E-state index < -0.39 is 5.63 Å². The molecule has 0 bridgehead atoms. The van der Waals surface area contributed by atoms with Gasteiger partial charge >= 0.3 is 5.63 Å². The Labute approximate surface area is 169 Å². The molecule has 5 heteroatoms. The van der Waals surface area contributed by atoms with Gasteiger partial charge in [0.2, 0.25) is 0 Å². The van der Waals surface area contributed by atoms with Gasteiger partial charge in [-0.1, -0.05) is 36.4 Å². The number of carbonyl (C=O) groups excluding carboxylic acids is 1. The van der Waals surface area contributed by atoms with Gasteiger partial charge in [-0.25, -0.2) is 4.79 Å². The number of fused-ring (bicyclic) bond motifs is 1. The summed E-state index contributed by atoms with van der Waals surface area (Å²) in [5, 5.41) is 0.720. The number of hydrogen-bond acceptors (Lipinski definition) is 5. The van der Waals surface area contributed by atoms with Crippen LogP contribution in [0, 0.1) is 0 Å². The summed E-state index contributed by atoms with van der Waals surface area (Å²) in [6.07, 6.45) is 5.61. The molecule has 1 aromatic heterocycles. The molecule has 2 heterocycles. The van der Waals surface area contributed by atoms with Crippen molar-refractivity contribution in [2.75, 3.05) is 26.2 Å². The van der Waals surface area contributed by atoms with E-state index in [0.29, 0.717) is 12.2 Å². The van der Waals surface area contributed by atoms with Crippen LogP contribution in [0.25, 0.3) is 17.0 Å². The average Bonchev–Trinajstić information content (AvgIpc) is 3.25. The summed E-state index contributed by atoms with van der Waals surface area (Å²) in [5.41, 5.74) is 0.703. The number of carbonyl (C=O) groups is 1. The van der Waals surface area contributed by atoms with E-state index in [4.69, 9.17) is 9.15 Å². The van der Waals surface area contributed by atoms with Crippen LogP contribution in [0.3, 0.4) is 0 Å². The monoisotopic (exact) mass is 389 g/mol. The summed E-state index contributed by atoms with van der Waals surface area (Å²) in [4.78, 5) is 27.0. The highest BCUT2D eigenvalue weighted by Crippen LogP contribution is 2.16. The highest BCUT2D eigenvalue weighted by molar-refractivity contribution is 6.07. The number of para-hydroxylation sites is 1. The fourth-order valence-electron chi connectivity index (χ4n) is 3.50. The van der Waals surface area contributed by atoms with Crippen molar-refractivity contribution >= 4 is 22.8 Å². The lowest BCUT2D eigenvalue weighted by molar-refractivity contribution is 0.104. The van der Waals surface area contributed by atoms with E-state index >= 15 is 0 Å². The number of benzene rings is 2. The molecular weight excluding hydrogens is 366 g/mol. The third kappa shape index (κ3) is 4.81. The van der Waals surface area contributed by atoms with Crippen LogP contribution >= 0.6 is 0 Å². The minimum Gasteiger partial charge on any atom is -0.492 e. The molecule has 0 spiro atoms. The second-order valence-electron chi connectivity index (χ2n) is 7.15. The lowest BCUT2D eigenvalue weighted by atomic mass is 10.1. The molecule has 0 N–H and O–H groups in total. The van der Waals surface area contributed by atoms with Gasteiger partial charge in [-0.3, -0.25) is 9.69 Å².